The number of halogens is 1. The fourth-order valence-electron chi connectivity index (χ4n) is 2.57. The number of thiophene rings is 1. The molecule has 2 aromatic rings. The molecular formula is C14H17BrN2OS. The molecule has 1 aliphatic rings. The largest absolute Gasteiger partial charge is 0.381 e. The third-order valence-electron chi connectivity index (χ3n) is 3.80. The van der Waals surface area contributed by atoms with Crippen LogP contribution >= 0.6 is 27.3 Å². The Morgan fingerprint density at radius 3 is 2.95 bits per heavy atom. The molecule has 1 aliphatic heterocycles. The summed E-state index contributed by atoms with van der Waals surface area (Å²) in [5.41, 5.74) is 0.297. The summed E-state index contributed by atoms with van der Waals surface area (Å²) in [4.78, 5) is 5.75. The first-order valence-corrected chi connectivity index (χ1v) is 8.52. The van der Waals surface area contributed by atoms with Crippen LogP contribution < -0.4 is 0 Å². The van der Waals surface area contributed by atoms with Crippen LogP contribution in [0.25, 0.3) is 10.7 Å². The summed E-state index contributed by atoms with van der Waals surface area (Å²) in [5.74, 6) is 1.09. The van der Waals surface area contributed by atoms with Gasteiger partial charge in [0.05, 0.1) is 4.88 Å². The van der Waals surface area contributed by atoms with Crippen molar-refractivity contribution in [2.75, 3.05) is 18.5 Å². The summed E-state index contributed by atoms with van der Waals surface area (Å²) in [6.07, 6.45) is 6.21. The van der Waals surface area contributed by atoms with Crippen molar-refractivity contribution in [2.45, 2.75) is 19.4 Å². The average Bonchev–Trinajstić information content (AvgIpc) is 3.10. The van der Waals surface area contributed by atoms with Crippen LogP contribution in [-0.2, 0) is 11.3 Å². The second-order valence-corrected chi connectivity index (χ2v) is 6.61. The third-order valence-corrected chi connectivity index (χ3v) is 5.86. The van der Waals surface area contributed by atoms with E-state index in [1.54, 1.807) is 11.3 Å². The highest BCUT2D eigenvalue weighted by molar-refractivity contribution is 9.09. The normalized spacial score (nSPS) is 18.6. The summed E-state index contributed by atoms with van der Waals surface area (Å²) in [6, 6.07) is 4.21. The SMILES string of the molecule is BrCC1(Cn2ccnc2-c2cccs2)CCOCC1. The molecule has 0 unspecified atom stereocenters. The lowest BCUT2D eigenvalue weighted by Gasteiger charge is -2.36. The molecule has 3 nitrogen and oxygen atoms in total. The topological polar surface area (TPSA) is 27.1 Å². The van der Waals surface area contributed by atoms with E-state index in [4.69, 9.17) is 4.74 Å². The van der Waals surface area contributed by atoms with Gasteiger partial charge in [-0.2, -0.15) is 0 Å². The Hall–Kier alpha value is -0.650. The second kappa shape index (κ2) is 5.77. The number of hydrogen-bond acceptors (Lipinski definition) is 3. The van der Waals surface area contributed by atoms with Crippen molar-refractivity contribution in [1.82, 2.24) is 9.55 Å². The Labute approximate surface area is 125 Å². The Bertz CT molecular complexity index is 517. The Morgan fingerprint density at radius 2 is 2.26 bits per heavy atom. The molecule has 0 aliphatic carbocycles. The maximum Gasteiger partial charge on any atom is 0.150 e. The highest BCUT2D eigenvalue weighted by Gasteiger charge is 2.32. The van der Waals surface area contributed by atoms with Crippen LogP contribution in [-0.4, -0.2) is 28.1 Å². The van der Waals surface area contributed by atoms with Gasteiger partial charge in [0.25, 0.3) is 0 Å². The molecule has 0 N–H and O–H groups in total. The van der Waals surface area contributed by atoms with Gasteiger partial charge in [0.1, 0.15) is 5.82 Å². The highest BCUT2D eigenvalue weighted by atomic mass is 79.9. The molecule has 1 saturated heterocycles. The Kier molecular flexibility index (Phi) is 4.05. The number of imidazole rings is 1. The zero-order valence-electron chi connectivity index (χ0n) is 10.7. The number of aromatic nitrogens is 2. The molecule has 0 aromatic carbocycles. The molecule has 0 atom stereocenters. The molecule has 102 valence electrons. The van der Waals surface area contributed by atoms with Crippen molar-refractivity contribution in [3.05, 3.63) is 29.9 Å². The van der Waals surface area contributed by atoms with Gasteiger partial charge >= 0.3 is 0 Å². The molecular weight excluding hydrogens is 324 g/mol. The predicted octanol–water partition coefficient (Wildman–Crippen LogP) is 3.80. The minimum atomic E-state index is 0.297. The average molecular weight is 341 g/mol. The van der Waals surface area contributed by atoms with E-state index in [1.807, 2.05) is 6.20 Å². The fourth-order valence-corrected chi connectivity index (χ4v) is 4.04. The number of alkyl halides is 1. The number of hydrogen-bond donors (Lipinski definition) is 0. The van der Waals surface area contributed by atoms with Crippen molar-refractivity contribution in [3.8, 4) is 10.7 Å². The van der Waals surface area contributed by atoms with Crippen molar-refractivity contribution in [2.24, 2.45) is 5.41 Å². The first-order chi connectivity index (χ1) is 9.33. The quantitative estimate of drug-likeness (QED) is 0.791. The van der Waals surface area contributed by atoms with E-state index in [0.717, 1.165) is 43.8 Å². The van der Waals surface area contributed by atoms with Crippen molar-refractivity contribution in [1.29, 1.82) is 0 Å². The smallest absolute Gasteiger partial charge is 0.150 e. The second-order valence-electron chi connectivity index (χ2n) is 5.10. The maximum atomic E-state index is 5.50. The van der Waals surface area contributed by atoms with Gasteiger partial charge in [0.15, 0.2) is 0 Å². The van der Waals surface area contributed by atoms with Gasteiger partial charge in [-0.3, -0.25) is 0 Å². The molecule has 2 aromatic heterocycles. The molecule has 0 spiro atoms. The number of ether oxygens (including phenoxy) is 1. The van der Waals surface area contributed by atoms with Gasteiger partial charge in [-0.15, -0.1) is 11.3 Å². The fraction of sp³-hybridized carbons (Fsp3) is 0.500. The minimum absolute atomic E-state index is 0.297. The maximum absolute atomic E-state index is 5.50. The molecule has 0 saturated carbocycles. The summed E-state index contributed by atoms with van der Waals surface area (Å²) >= 11 is 5.44. The van der Waals surface area contributed by atoms with E-state index in [9.17, 15) is 0 Å². The van der Waals surface area contributed by atoms with Crippen LogP contribution in [0.3, 0.4) is 0 Å². The van der Waals surface area contributed by atoms with Gasteiger partial charge < -0.3 is 9.30 Å². The zero-order chi connectivity index (χ0) is 13.1. The minimum Gasteiger partial charge on any atom is -0.381 e. The van der Waals surface area contributed by atoms with Crippen LogP contribution in [0.15, 0.2) is 29.9 Å². The summed E-state index contributed by atoms with van der Waals surface area (Å²) in [7, 11) is 0. The summed E-state index contributed by atoms with van der Waals surface area (Å²) in [6.45, 7) is 2.75. The van der Waals surface area contributed by atoms with E-state index >= 15 is 0 Å². The third kappa shape index (κ3) is 2.78. The monoisotopic (exact) mass is 340 g/mol. The number of nitrogens with zero attached hydrogens (tertiary/aromatic N) is 2. The van der Waals surface area contributed by atoms with Gasteiger partial charge in [-0.25, -0.2) is 4.98 Å². The van der Waals surface area contributed by atoms with E-state index in [0.29, 0.717) is 5.41 Å². The lowest BCUT2D eigenvalue weighted by atomic mass is 9.82. The van der Waals surface area contributed by atoms with Crippen molar-refractivity contribution < 1.29 is 4.74 Å². The molecule has 3 heterocycles. The van der Waals surface area contributed by atoms with Crippen LogP contribution in [0.1, 0.15) is 12.8 Å². The van der Waals surface area contributed by atoms with Crippen LogP contribution in [0.4, 0.5) is 0 Å². The lowest BCUT2D eigenvalue weighted by molar-refractivity contribution is 0.0188. The first-order valence-electron chi connectivity index (χ1n) is 6.52. The van der Waals surface area contributed by atoms with E-state index < -0.39 is 0 Å². The molecule has 0 bridgehead atoms. The van der Waals surface area contributed by atoms with E-state index in [-0.39, 0.29) is 0 Å². The van der Waals surface area contributed by atoms with Gasteiger partial charge in [-0.1, -0.05) is 22.0 Å². The first kappa shape index (κ1) is 13.3. The van der Waals surface area contributed by atoms with E-state index in [2.05, 4.69) is 49.2 Å². The van der Waals surface area contributed by atoms with Crippen molar-refractivity contribution in [3.63, 3.8) is 0 Å². The van der Waals surface area contributed by atoms with Crippen LogP contribution in [0.5, 0.6) is 0 Å². The molecule has 0 amide bonds. The lowest BCUT2D eigenvalue weighted by Crippen LogP contribution is -2.35. The Balaban J connectivity index is 1.85. The van der Waals surface area contributed by atoms with Crippen molar-refractivity contribution >= 4 is 27.3 Å². The van der Waals surface area contributed by atoms with Crippen LogP contribution in [0.2, 0.25) is 0 Å². The molecule has 5 heteroatoms. The number of rotatable bonds is 4. The zero-order valence-corrected chi connectivity index (χ0v) is 13.1. The van der Waals surface area contributed by atoms with Gasteiger partial charge in [-0.05, 0) is 24.3 Å². The highest BCUT2D eigenvalue weighted by Crippen LogP contribution is 2.36. The van der Waals surface area contributed by atoms with E-state index in [1.165, 1.54) is 4.88 Å². The standard InChI is InChI=1S/C14H17BrN2OS/c15-10-14(3-7-18-8-4-14)11-17-6-5-16-13(17)12-2-1-9-19-12/h1-2,5-6,9H,3-4,7-8,10-11H2. The summed E-state index contributed by atoms with van der Waals surface area (Å²) < 4.78 is 7.79. The molecule has 3 rings (SSSR count). The van der Waals surface area contributed by atoms with Gasteiger partial charge in [0, 0.05) is 42.9 Å². The molecule has 1 fully saturated rings. The summed E-state index contributed by atoms with van der Waals surface area (Å²) in [5, 5.41) is 3.12. The van der Waals surface area contributed by atoms with Crippen LogP contribution in [0, 0.1) is 5.41 Å². The molecule has 19 heavy (non-hydrogen) atoms. The molecule has 0 radical (unpaired) electrons. The van der Waals surface area contributed by atoms with Gasteiger partial charge in [0.2, 0.25) is 0 Å². The Morgan fingerprint density at radius 1 is 1.42 bits per heavy atom. The predicted molar refractivity (Wildman–Crippen MR) is 81.8 cm³/mol.